The summed E-state index contributed by atoms with van der Waals surface area (Å²) in [6.07, 6.45) is 3.09. The summed E-state index contributed by atoms with van der Waals surface area (Å²) in [6.45, 7) is 4.15. The normalized spacial score (nSPS) is 10.1. The van der Waals surface area contributed by atoms with Crippen molar-refractivity contribution in [3.63, 3.8) is 0 Å². The first-order valence-corrected chi connectivity index (χ1v) is 4.60. The molecule has 1 rings (SSSR count). The van der Waals surface area contributed by atoms with Crippen LogP contribution < -0.4 is 10.6 Å². The summed E-state index contributed by atoms with van der Waals surface area (Å²) in [5.41, 5.74) is 6.31. The van der Waals surface area contributed by atoms with Gasteiger partial charge in [-0.05, 0) is 6.92 Å². The molecule has 0 unspecified atom stereocenters. The van der Waals surface area contributed by atoms with Gasteiger partial charge in [0, 0.05) is 20.2 Å². The van der Waals surface area contributed by atoms with Crippen molar-refractivity contribution in [2.45, 2.75) is 6.92 Å². The third kappa shape index (κ3) is 2.85. The molecule has 1 aromatic rings. The molecule has 0 atom stereocenters. The lowest BCUT2D eigenvalue weighted by atomic mass is 10.4. The number of nitrogens with zero attached hydrogens (tertiary/aromatic N) is 3. The van der Waals surface area contributed by atoms with Crippen molar-refractivity contribution < 1.29 is 4.74 Å². The predicted molar refractivity (Wildman–Crippen MR) is 56.2 cm³/mol. The van der Waals surface area contributed by atoms with E-state index in [9.17, 15) is 0 Å². The molecule has 0 saturated carbocycles. The van der Waals surface area contributed by atoms with Crippen molar-refractivity contribution >= 4 is 11.5 Å². The lowest BCUT2D eigenvalue weighted by Crippen LogP contribution is -2.24. The second-order valence-electron chi connectivity index (χ2n) is 2.92. The summed E-state index contributed by atoms with van der Waals surface area (Å²) in [5, 5.41) is 0. The van der Waals surface area contributed by atoms with Crippen LogP contribution in [0.5, 0.6) is 0 Å². The van der Waals surface area contributed by atoms with Crippen LogP contribution in [0.15, 0.2) is 12.5 Å². The highest BCUT2D eigenvalue weighted by molar-refractivity contribution is 5.60. The fourth-order valence-corrected chi connectivity index (χ4v) is 1.10. The molecule has 1 aromatic heterocycles. The van der Waals surface area contributed by atoms with Gasteiger partial charge >= 0.3 is 0 Å². The summed E-state index contributed by atoms with van der Waals surface area (Å²) >= 11 is 0. The molecule has 5 nitrogen and oxygen atoms in total. The fraction of sp³-hybridized carbons (Fsp3) is 0.556. The molecule has 0 aromatic carbocycles. The maximum absolute atomic E-state index is 5.72. The molecule has 1 heterocycles. The molecular weight excluding hydrogens is 180 g/mol. The summed E-state index contributed by atoms with van der Waals surface area (Å²) in [4.78, 5) is 9.87. The van der Waals surface area contributed by atoms with Crippen molar-refractivity contribution in [1.82, 2.24) is 9.97 Å². The molecule has 0 amide bonds. The van der Waals surface area contributed by atoms with Gasteiger partial charge in [-0.2, -0.15) is 0 Å². The van der Waals surface area contributed by atoms with E-state index in [4.69, 9.17) is 10.5 Å². The second kappa shape index (κ2) is 5.39. The molecule has 78 valence electrons. The molecule has 14 heavy (non-hydrogen) atoms. The molecule has 0 aliphatic heterocycles. The van der Waals surface area contributed by atoms with E-state index in [0.717, 1.165) is 19.0 Å². The van der Waals surface area contributed by atoms with Crippen LogP contribution >= 0.6 is 0 Å². The SMILES string of the molecule is CCOCCN(C)c1ncncc1N. The van der Waals surface area contributed by atoms with Crippen LogP contribution in [0, 0.1) is 0 Å². The predicted octanol–water partition coefficient (Wildman–Crippen LogP) is 0.531. The van der Waals surface area contributed by atoms with E-state index in [1.54, 1.807) is 6.20 Å². The smallest absolute Gasteiger partial charge is 0.155 e. The average Bonchev–Trinajstić information content (AvgIpc) is 2.18. The van der Waals surface area contributed by atoms with Crippen molar-refractivity contribution in [2.24, 2.45) is 0 Å². The second-order valence-corrected chi connectivity index (χ2v) is 2.92. The standard InChI is InChI=1S/C9H16N4O/c1-3-14-5-4-13(2)9-8(10)6-11-7-12-9/h6-7H,3-5,10H2,1-2H3. The minimum absolute atomic E-state index is 0.589. The summed E-state index contributed by atoms with van der Waals surface area (Å²) < 4.78 is 5.24. The Kier molecular flexibility index (Phi) is 4.12. The zero-order valence-corrected chi connectivity index (χ0v) is 8.60. The number of rotatable bonds is 5. The van der Waals surface area contributed by atoms with Gasteiger partial charge in [-0.1, -0.05) is 0 Å². The van der Waals surface area contributed by atoms with Crippen LogP contribution in [0.3, 0.4) is 0 Å². The highest BCUT2D eigenvalue weighted by Gasteiger charge is 2.05. The third-order valence-electron chi connectivity index (χ3n) is 1.86. The highest BCUT2D eigenvalue weighted by Crippen LogP contribution is 2.15. The first-order chi connectivity index (χ1) is 6.75. The number of hydrogen-bond donors (Lipinski definition) is 1. The van der Waals surface area contributed by atoms with Gasteiger partial charge in [0.1, 0.15) is 6.33 Å². The van der Waals surface area contributed by atoms with Gasteiger partial charge in [0.2, 0.25) is 0 Å². The summed E-state index contributed by atoms with van der Waals surface area (Å²) in [6, 6.07) is 0. The minimum Gasteiger partial charge on any atom is -0.394 e. The molecule has 0 aliphatic rings. The Morgan fingerprint density at radius 3 is 3.00 bits per heavy atom. The Labute approximate surface area is 83.9 Å². The average molecular weight is 196 g/mol. The van der Waals surface area contributed by atoms with Crippen LogP contribution in [-0.4, -0.2) is 36.8 Å². The van der Waals surface area contributed by atoms with E-state index < -0.39 is 0 Å². The van der Waals surface area contributed by atoms with Gasteiger partial charge in [-0.15, -0.1) is 0 Å². The molecule has 0 aliphatic carbocycles. The van der Waals surface area contributed by atoms with E-state index in [1.165, 1.54) is 6.33 Å². The van der Waals surface area contributed by atoms with Gasteiger partial charge < -0.3 is 15.4 Å². The lowest BCUT2D eigenvalue weighted by Gasteiger charge is -2.18. The van der Waals surface area contributed by atoms with Crippen molar-refractivity contribution in [1.29, 1.82) is 0 Å². The van der Waals surface area contributed by atoms with E-state index in [2.05, 4.69) is 9.97 Å². The highest BCUT2D eigenvalue weighted by atomic mass is 16.5. The number of nitrogen functional groups attached to an aromatic ring is 1. The number of likely N-dealkylation sites (N-methyl/N-ethyl adjacent to an activating group) is 1. The first-order valence-electron chi connectivity index (χ1n) is 4.60. The molecule has 0 fully saturated rings. The number of anilines is 2. The third-order valence-corrected chi connectivity index (χ3v) is 1.86. The Morgan fingerprint density at radius 2 is 2.36 bits per heavy atom. The summed E-state index contributed by atoms with van der Waals surface area (Å²) in [7, 11) is 1.93. The zero-order valence-electron chi connectivity index (χ0n) is 8.60. The van der Waals surface area contributed by atoms with Crippen LogP contribution in [0.4, 0.5) is 11.5 Å². The van der Waals surface area contributed by atoms with Crippen LogP contribution in [0.1, 0.15) is 6.92 Å². The van der Waals surface area contributed by atoms with Gasteiger partial charge in [0.05, 0.1) is 18.5 Å². The molecule has 5 heteroatoms. The molecule has 0 bridgehead atoms. The fourth-order valence-electron chi connectivity index (χ4n) is 1.10. The van der Waals surface area contributed by atoms with Crippen molar-refractivity contribution in [3.05, 3.63) is 12.5 Å². The topological polar surface area (TPSA) is 64.3 Å². The molecule has 0 spiro atoms. The Bertz CT molecular complexity index is 279. The molecule has 0 radical (unpaired) electrons. The quantitative estimate of drug-likeness (QED) is 0.696. The minimum atomic E-state index is 0.589. The Balaban J connectivity index is 2.51. The van der Waals surface area contributed by atoms with Crippen LogP contribution in [-0.2, 0) is 4.74 Å². The Hall–Kier alpha value is -1.36. The van der Waals surface area contributed by atoms with Gasteiger partial charge in [-0.25, -0.2) is 9.97 Å². The number of aromatic nitrogens is 2. The molecule has 2 N–H and O–H groups in total. The molecule has 0 saturated heterocycles. The van der Waals surface area contributed by atoms with Crippen LogP contribution in [0.25, 0.3) is 0 Å². The van der Waals surface area contributed by atoms with Crippen molar-refractivity contribution in [2.75, 3.05) is 37.4 Å². The maximum Gasteiger partial charge on any atom is 0.155 e. The number of hydrogen-bond acceptors (Lipinski definition) is 5. The van der Waals surface area contributed by atoms with Gasteiger partial charge in [-0.3, -0.25) is 0 Å². The van der Waals surface area contributed by atoms with Crippen LogP contribution in [0.2, 0.25) is 0 Å². The van der Waals surface area contributed by atoms with E-state index in [1.807, 2.05) is 18.9 Å². The zero-order chi connectivity index (χ0) is 10.4. The largest absolute Gasteiger partial charge is 0.394 e. The van der Waals surface area contributed by atoms with E-state index in [-0.39, 0.29) is 0 Å². The monoisotopic (exact) mass is 196 g/mol. The number of ether oxygens (including phenoxy) is 1. The summed E-state index contributed by atoms with van der Waals surface area (Å²) in [5.74, 6) is 0.750. The van der Waals surface area contributed by atoms with E-state index >= 15 is 0 Å². The molecular formula is C9H16N4O. The maximum atomic E-state index is 5.72. The van der Waals surface area contributed by atoms with Gasteiger partial charge in [0.15, 0.2) is 5.82 Å². The Morgan fingerprint density at radius 1 is 1.57 bits per heavy atom. The number of nitrogens with two attached hydrogens (primary N) is 1. The van der Waals surface area contributed by atoms with E-state index in [0.29, 0.717) is 12.3 Å². The first kappa shape index (κ1) is 10.7. The lowest BCUT2D eigenvalue weighted by molar-refractivity contribution is 0.154. The van der Waals surface area contributed by atoms with Gasteiger partial charge in [0.25, 0.3) is 0 Å². The van der Waals surface area contributed by atoms with Crippen molar-refractivity contribution in [3.8, 4) is 0 Å².